The average Bonchev–Trinajstić information content (AvgIpc) is 2.27. The monoisotopic (exact) mass is 259 g/mol. The lowest BCUT2D eigenvalue weighted by Crippen LogP contribution is -2.49. The standard InChI is InChI=1S/C11H21N3O2S/c1-11(10-12)14-7-5-13(6-8-14)4-3-9-17(2,15)16/h11H,3-9H2,1-2H3. The zero-order valence-corrected chi connectivity index (χ0v) is 11.4. The molecule has 5 nitrogen and oxygen atoms in total. The molecule has 0 saturated carbocycles. The summed E-state index contributed by atoms with van der Waals surface area (Å²) >= 11 is 0. The molecule has 1 rings (SSSR count). The van der Waals surface area contributed by atoms with E-state index in [0.717, 1.165) is 32.7 Å². The lowest BCUT2D eigenvalue weighted by Gasteiger charge is -2.35. The second kappa shape index (κ2) is 6.34. The third kappa shape index (κ3) is 5.48. The van der Waals surface area contributed by atoms with Gasteiger partial charge < -0.3 is 4.90 Å². The van der Waals surface area contributed by atoms with Crippen LogP contribution in [0.25, 0.3) is 0 Å². The minimum Gasteiger partial charge on any atom is -0.301 e. The van der Waals surface area contributed by atoms with E-state index >= 15 is 0 Å². The Morgan fingerprint density at radius 1 is 1.29 bits per heavy atom. The lowest BCUT2D eigenvalue weighted by molar-refractivity contribution is 0.119. The van der Waals surface area contributed by atoms with Crippen LogP contribution in [-0.4, -0.2) is 69.0 Å². The molecule has 0 bridgehead atoms. The van der Waals surface area contributed by atoms with E-state index in [2.05, 4.69) is 15.9 Å². The van der Waals surface area contributed by atoms with Gasteiger partial charge in [0.05, 0.1) is 17.9 Å². The Balaban J connectivity index is 2.22. The van der Waals surface area contributed by atoms with Crippen LogP contribution in [0.3, 0.4) is 0 Å². The van der Waals surface area contributed by atoms with E-state index in [0.29, 0.717) is 6.42 Å². The van der Waals surface area contributed by atoms with Crippen LogP contribution in [0, 0.1) is 11.3 Å². The molecule has 1 aliphatic heterocycles. The predicted octanol–water partition coefficient (Wildman–Crippen LogP) is -0.0492. The van der Waals surface area contributed by atoms with Gasteiger partial charge in [-0.25, -0.2) is 8.42 Å². The van der Waals surface area contributed by atoms with Gasteiger partial charge in [0.1, 0.15) is 9.84 Å². The van der Waals surface area contributed by atoms with Crippen LogP contribution in [0.15, 0.2) is 0 Å². The highest BCUT2D eigenvalue weighted by Crippen LogP contribution is 2.06. The molecule has 1 saturated heterocycles. The minimum atomic E-state index is -2.83. The van der Waals surface area contributed by atoms with E-state index in [-0.39, 0.29) is 11.8 Å². The number of piperazine rings is 1. The summed E-state index contributed by atoms with van der Waals surface area (Å²) in [5.41, 5.74) is 0. The van der Waals surface area contributed by atoms with Crippen molar-refractivity contribution < 1.29 is 8.42 Å². The Labute approximate surface area is 104 Å². The Hall–Kier alpha value is -0.640. The van der Waals surface area contributed by atoms with Crippen LogP contribution in [0.5, 0.6) is 0 Å². The Bertz CT molecular complexity index is 367. The molecule has 98 valence electrons. The molecule has 0 aliphatic carbocycles. The fourth-order valence-electron chi connectivity index (χ4n) is 2.01. The zero-order valence-electron chi connectivity index (χ0n) is 10.6. The molecule has 6 heteroatoms. The first-order valence-corrected chi connectivity index (χ1v) is 8.02. The summed E-state index contributed by atoms with van der Waals surface area (Å²) < 4.78 is 22.0. The van der Waals surface area contributed by atoms with Crippen molar-refractivity contribution in [1.29, 1.82) is 5.26 Å². The molecule has 0 aromatic heterocycles. The maximum absolute atomic E-state index is 11.0. The van der Waals surface area contributed by atoms with Gasteiger partial charge in [-0.3, -0.25) is 4.90 Å². The highest BCUT2D eigenvalue weighted by molar-refractivity contribution is 7.90. The minimum absolute atomic E-state index is 0.0202. The summed E-state index contributed by atoms with van der Waals surface area (Å²) in [5.74, 6) is 0.266. The first-order chi connectivity index (χ1) is 7.92. The number of hydrogen-bond acceptors (Lipinski definition) is 5. The van der Waals surface area contributed by atoms with E-state index < -0.39 is 9.84 Å². The van der Waals surface area contributed by atoms with Gasteiger partial charge in [-0.15, -0.1) is 0 Å². The van der Waals surface area contributed by atoms with E-state index in [1.54, 1.807) is 0 Å². The lowest BCUT2D eigenvalue weighted by atomic mass is 10.2. The van der Waals surface area contributed by atoms with Gasteiger partial charge in [0.25, 0.3) is 0 Å². The van der Waals surface area contributed by atoms with Crippen molar-refractivity contribution in [3.05, 3.63) is 0 Å². The number of sulfone groups is 1. The van der Waals surface area contributed by atoms with Gasteiger partial charge in [-0.1, -0.05) is 0 Å². The highest BCUT2D eigenvalue weighted by Gasteiger charge is 2.20. The molecular formula is C11H21N3O2S. The van der Waals surface area contributed by atoms with Crippen molar-refractivity contribution >= 4 is 9.84 Å². The average molecular weight is 259 g/mol. The van der Waals surface area contributed by atoms with Crippen molar-refractivity contribution in [2.75, 3.05) is 44.7 Å². The van der Waals surface area contributed by atoms with Gasteiger partial charge in [0, 0.05) is 32.4 Å². The third-order valence-electron chi connectivity index (χ3n) is 3.13. The number of nitrogens with zero attached hydrogens (tertiary/aromatic N) is 3. The summed E-state index contributed by atoms with van der Waals surface area (Å²) in [5, 5.41) is 8.81. The Morgan fingerprint density at radius 2 is 1.88 bits per heavy atom. The van der Waals surface area contributed by atoms with Crippen LogP contribution < -0.4 is 0 Å². The van der Waals surface area contributed by atoms with Gasteiger partial charge in [-0.2, -0.15) is 5.26 Å². The molecule has 0 amide bonds. The van der Waals surface area contributed by atoms with E-state index in [9.17, 15) is 8.42 Å². The summed E-state index contributed by atoms with van der Waals surface area (Å²) in [7, 11) is -2.83. The maximum atomic E-state index is 11.0. The van der Waals surface area contributed by atoms with Crippen molar-refractivity contribution in [3.63, 3.8) is 0 Å². The normalized spacial score (nSPS) is 21.0. The van der Waals surface area contributed by atoms with Crippen molar-refractivity contribution in [2.24, 2.45) is 0 Å². The van der Waals surface area contributed by atoms with E-state index in [4.69, 9.17) is 5.26 Å². The van der Waals surface area contributed by atoms with Gasteiger partial charge in [0.15, 0.2) is 0 Å². The smallest absolute Gasteiger partial charge is 0.147 e. The first kappa shape index (κ1) is 14.4. The fraction of sp³-hybridized carbons (Fsp3) is 0.909. The molecular weight excluding hydrogens is 238 g/mol. The molecule has 17 heavy (non-hydrogen) atoms. The molecule has 0 N–H and O–H groups in total. The summed E-state index contributed by atoms with van der Waals surface area (Å²) in [6.45, 7) is 6.40. The zero-order chi connectivity index (χ0) is 12.9. The Kier molecular flexibility index (Phi) is 5.37. The Morgan fingerprint density at radius 3 is 2.35 bits per heavy atom. The third-order valence-corrected chi connectivity index (χ3v) is 4.16. The molecule has 0 spiro atoms. The number of hydrogen-bond donors (Lipinski definition) is 0. The van der Waals surface area contributed by atoms with Crippen LogP contribution in [0.2, 0.25) is 0 Å². The second-order valence-electron chi connectivity index (χ2n) is 4.67. The van der Waals surface area contributed by atoms with Gasteiger partial charge in [0.2, 0.25) is 0 Å². The van der Waals surface area contributed by atoms with Crippen molar-refractivity contribution in [1.82, 2.24) is 9.80 Å². The predicted molar refractivity (Wildman–Crippen MR) is 67.4 cm³/mol. The molecule has 0 radical (unpaired) electrons. The molecule has 1 heterocycles. The summed E-state index contributed by atoms with van der Waals surface area (Å²) in [6, 6.07) is 2.22. The molecule has 1 unspecified atom stereocenters. The molecule has 1 fully saturated rings. The quantitative estimate of drug-likeness (QED) is 0.692. The van der Waals surface area contributed by atoms with Gasteiger partial charge in [-0.05, 0) is 19.9 Å². The second-order valence-corrected chi connectivity index (χ2v) is 6.93. The van der Waals surface area contributed by atoms with Crippen LogP contribution >= 0.6 is 0 Å². The van der Waals surface area contributed by atoms with Crippen molar-refractivity contribution in [2.45, 2.75) is 19.4 Å². The van der Waals surface area contributed by atoms with Crippen LogP contribution in [0.1, 0.15) is 13.3 Å². The topological polar surface area (TPSA) is 64.4 Å². The van der Waals surface area contributed by atoms with Crippen LogP contribution in [-0.2, 0) is 9.84 Å². The molecule has 0 aromatic rings. The molecule has 1 atom stereocenters. The SMILES string of the molecule is CC(C#N)N1CCN(CCCS(C)(=O)=O)CC1. The van der Waals surface area contributed by atoms with E-state index in [1.165, 1.54) is 6.26 Å². The number of nitriles is 1. The van der Waals surface area contributed by atoms with Crippen molar-refractivity contribution in [3.8, 4) is 6.07 Å². The number of rotatable bonds is 5. The largest absolute Gasteiger partial charge is 0.301 e. The summed E-state index contributed by atoms with van der Waals surface area (Å²) in [4.78, 5) is 4.43. The highest BCUT2D eigenvalue weighted by atomic mass is 32.2. The maximum Gasteiger partial charge on any atom is 0.147 e. The molecule has 1 aliphatic rings. The van der Waals surface area contributed by atoms with E-state index in [1.807, 2.05) is 6.92 Å². The molecule has 0 aromatic carbocycles. The first-order valence-electron chi connectivity index (χ1n) is 5.96. The van der Waals surface area contributed by atoms with Gasteiger partial charge >= 0.3 is 0 Å². The summed E-state index contributed by atoms with van der Waals surface area (Å²) in [6.07, 6.45) is 1.98. The fourth-order valence-corrected chi connectivity index (χ4v) is 2.66. The van der Waals surface area contributed by atoms with Crippen LogP contribution in [0.4, 0.5) is 0 Å².